The molecule has 0 fully saturated rings. The number of oxime groups is 1. The molecule has 1 heterocycles. The van der Waals surface area contributed by atoms with E-state index in [-0.39, 0.29) is 25.0 Å². The number of hydrogen-bond donors (Lipinski definition) is 2. The van der Waals surface area contributed by atoms with Gasteiger partial charge in [-0.05, 0) is 17.7 Å². The standard InChI is InChI=1S/C12H14N4O5/c13-14-12(17)7-20-6-10-5-11(15-21-10)8-1-3-9(4-2-8)16(18)19/h1-4,10H,5-7,13H2,(H,14,17). The topological polar surface area (TPSA) is 129 Å². The van der Waals surface area contributed by atoms with Crippen LogP contribution in [-0.4, -0.2) is 35.9 Å². The minimum atomic E-state index is -0.462. The van der Waals surface area contributed by atoms with Crippen LogP contribution in [0.5, 0.6) is 0 Å². The Labute approximate surface area is 119 Å². The second-order valence-electron chi connectivity index (χ2n) is 4.36. The summed E-state index contributed by atoms with van der Waals surface area (Å²) in [6, 6.07) is 6.05. The van der Waals surface area contributed by atoms with Gasteiger partial charge in [-0.3, -0.25) is 20.3 Å². The van der Waals surface area contributed by atoms with E-state index >= 15 is 0 Å². The van der Waals surface area contributed by atoms with E-state index in [1.807, 2.05) is 5.43 Å². The summed E-state index contributed by atoms with van der Waals surface area (Å²) in [5, 5.41) is 14.5. The summed E-state index contributed by atoms with van der Waals surface area (Å²) in [5.74, 6) is 4.49. The van der Waals surface area contributed by atoms with Crippen LogP contribution in [0.2, 0.25) is 0 Å². The van der Waals surface area contributed by atoms with Gasteiger partial charge in [0.25, 0.3) is 11.6 Å². The number of rotatable bonds is 6. The van der Waals surface area contributed by atoms with E-state index in [0.717, 1.165) is 5.56 Å². The minimum Gasteiger partial charge on any atom is -0.389 e. The second kappa shape index (κ2) is 6.77. The van der Waals surface area contributed by atoms with E-state index in [1.165, 1.54) is 12.1 Å². The maximum Gasteiger partial charge on any atom is 0.269 e. The molecule has 2 rings (SSSR count). The number of benzene rings is 1. The van der Waals surface area contributed by atoms with E-state index in [0.29, 0.717) is 12.1 Å². The lowest BCUT2D eigenvalue weighted by molar-refractivity contribution is -0.384. The van der Waals surface area contributed by atoms with Gasteiger partial charge in [0, 0.05) is 18.6 Å². The molecule has 21 heavy (non-hydrogen) atoms. The van der Waals surface area contributed by atoms with Gasteiger partial charge in [-0.25, -0.2) is 5.84 Å². The predicted molar refractivity (Wildman–Crippen MR) is 72.3 cm³/mol. The third kappa shape index (κ3) is 3.97. The summed E-state index contributed by atoms with van der Waals surface area (Å²) in [6.45, 7) is 0.0522. The largest absolute Gasteiger partial charge is 0.389 e. The van der Waals surface area contributed by atoms with Crippen molar-refractivity contribution in [2.75, 3.05) is 13.2 Å². The van der Waals surface area contributed by atoms with Gasteiger partial charge in [0.15, 0.2) is 6.10 Å². The molecule has 0 radical (unpaired) electrons. The van der Waals surface area contributed by atoms with E-state index in [2.05, 4.69) is 5.16 Å². The molecule has 0 bridgehead atoms. The monoisotopic (exact) mass is 294 g/mol. The summed E-state index contributed by atoms with van der Waals surface area (Å²) in [7, 11) is 0. The van der Waals surface area contributed by atoms with Crippen LogP contribution in [0, 0.1) is 10.1 Å². The summed E-state index contributed by atoms with van der Waals surface area (Å²) in [6.07, 6.45) is 0.211. The third-order valence-corrected chi connectivity index (χ3v) is 2.84. The summed E-state index contributed by atoms with van der Waals surface area (Å²) >= 11 is 0. The Kier molecular flexibility index (Phi) is 4.80. The number of carbonyl (C=O) groups excluding carboxylic acids is 1. The molecule has 1 aliphatic rings. The Hall–Kier alpha value is -2.52. The van der Waals surface area contributed by atoms with Crippen molar-refractivity contribution in [1.29, 1.82) is 0 Å². The lowest BCUT2D eigenvalue weighted by Crippen LogP contribution is -2.34. The van der Waals surface area contributed by atoms with Gasteiger partial charge in [-0.2, -0.15) is 0 Å². The van der Waals surface area contributed by atoms with Crippen molar-refractivity contribution >= 4 is 17.3 Å². The summed E-state index contributed by atoms with van der Waals surface area (Å²) < 4.78 is 5.13. The average molecular weight is 294 g/mol. The van der Waals surface area contributed by atoms with Gasteiger partial charge < -0.3 is 9.57 Å². The van der Waals surface area contributed by atoms with Crippen LogP contribution in [0.4, 0.5) is 5.69 Å². The smallest absolute Gasteiger partial charge is 0.269 e. The minimum absolute atomic E-state index is 0.0194. The molecule has 9 heteroatoms. The SMILES string of the molecule is NNC(=O)COCC1CC(c2ccc([N+](=O)[O-])cc2)=NO1. The van der Waals surface area contributed by atoms with Crippen LogP contribution in [0.15, 0.2) is 29.4 Å². The van der Waals surface area contributed by atoms with Crippen molar-refractivity contribution in [2.24, 2.45) is 11.0 Å². The molecule has 1 aromatic carbocycles. The van der Waals surface area contributed by atoms with Gasteiger partial charge in [0.1, 0.15) is 6.61 Å². The summed E-state index contributed by atoms with van der Waals surface area (Å²) in [4.78, 5) is 26.2. The Morgan fingerprint density at radius 1 is 1.52 bits per heavy atom. The quantitative estimate of drug-likeness (QED) is 0.331. The van der Waals surface area contributed by atoms with Crippen molar-refractivity contribution in [2.45, 2.75) is 12.5 Å². The van der Waals surface area contributed by atoms with Gasteiger partial charge in [-0.15, -0.1) is 0 Å². The van der Waals surface area contributed by atoms with E-state index in [4.69, 9.17) is 15.4 Å². The fourth-order valence-electron chi connectivity index (χ4n) is 1.79. The first kappa shape index (κ1) is 14.9. The van der Waals surface area contributed by atoms with Crippen molar-refractivity contribution < 1.29 is 19.3 Å². The number of hydrazine groups is 1. The zero-order chi connectivity index (χ0) is 15.2. The number of non-ortho nitro benzene ring substituents is 1. The maximum atomic E-state index is 10.9. The predicted octanol–water partition coefficient (Wildman–Crippen LogP) is 0.0943. The van der Waals surface area contributed by atoms with Crippen LogP contribution in [0.3, 0.4) is 0 Å². The molecule has 1 atom stereocenters. The van der Waals surface area contributed by atoms with Crippen molar-refractivity contribution in [1.82, 2.24) is 5.43 Å². The molecule has 1 aromatic rings. The number of amides is 1. The molecule has 1 aliphatic heterocycles. The molecule has 0 saturated carbocycles. The molecule has 3 N–H and O–H groups in total. The lowest BCUT2D eigenvalue weighted by Gasteiger charge is -2.08. The molecule has 112 valence electrons. The molecular weight excluding hydrogens is 280 g/mol. The van der Waals surface area contributed by atoms with Crippen LogP contribution >= 0.6 is 0 Å². The number of nitrogens with zero attached hydrogens (tertiary/aromatic N) is 2. The first-order valence-electron chi connectivity index (χ1n) is 6.15. The third-order valence-electron chi connectivity index (χ3n) is 2.84. The fourth-order valence-corrected chi connectivity index (χ4v) is 1.79. The highest BCUT2D eigenvalue weighted by atomic mass is 16.7. The van der Waals surface area contributed by atoms with Crippen LogP contribution in [0.25, 0.3) is 0 Å². The van der Waals surface area contributed by atoms with E-state index in [9.17, 15) is 14.9 Å². The average Bonchev–Trinajstić information content (AvgIpc) is 2.96. The van der Waals surface area contributed by atoms with Gasteiger partial charge >= 0.3 is 0 Å². The molecule has 1 amide bonds. The normalized spacial score (nSPS) is 17.0. The maximum absolute atomic E-state index is 10.9. The van der Waals surface area contributed by atoms with E-state index in [1.54, 1.807) is 12.1 Å². The number of nitro benzene ring substituents is 1. The Balaban J connectivity index is 1.84. The molecule has 0 saturated heterocycles. The molecule has 9 nitrogen and oxygen atoms in total. The molecule has 0 spiro atoms. The first-order chi connectivity index (χ1) is 10.1. The van der Waals surface area contributed by atoms with Gasteiger partial charge in [-0.1, -0.05) is 5.16 Å². The summed E-state index contributed by atoms with van der Waals surface area (Å²) in [5.41, 5.74) is 3.41. The zero-order valence-electron chi connectivity index (χ0n) is 11.0. The number of ether oxygens (including phenoxy) is 1. The first-order valence-corrected chi connectivity index (χ1v) is 6.15. The highest BCUT2D eigenvalue weighted by Gasteiger charge is 2.23. The second-order valence-corrected chi connectivity index (χ2v) is 4.36. The van der Waals surface area contributed by atoms with Crippen LogP contribution in [-0.2, 0) is 14.4 Å². The highest BCUT2D eigenvalue weighted by Crippen LogP contribution is 2.19. The molecular formula is C12H14N4O5. The molecule has 0 aromatic heterocycles. The highest BCUT2D eigenvalue weighted by molar-refractivity contribution is 6.01. The number of nitrogens with one attached hydrogen (secondary N) is 1. The number of hydrogen-bond acceptors (Lipinski definition) is 7. The van der Waals surface area contributed by atoms with Gasteiger partial charge in [0.05, 0.1) is 17.2 Å². The van der Waals surface area contributed by atoms with Crippen molar-refractivity contribution in [3.05, 3.63) is 39.9 Å². The Morgan fingerprint density at radius 3 is 2.86 bits per heavy atom. The molecule has 0 aliphatic carbocycles. The van der Waals surface area contributed by atoms with Crippen LogP contribution < -0.4 is 11.3 Å². The van der Waals surface area contributed by atoms with E-state index < -0.39 is 10.8 Å². The molecule has 1 unspecified atom stereocenters. The Morgan fingerprint density at radius 2 is 2.24 bits per heavy atom. The number of carbonyl (C=O) groups is 1. The Bertz CT molecular complexity index is 557. The zero-order valence-corrected chi connectivity index (χ0v) is 11.0. The van der Waals surface area contributed by atoms with Crippen LogP contribution in [0.1, 0.15) is 12.0 Å². The lowest BCUT2D eigenvalue weighted by atomic mass is 10.1. The van der Waals surface area contributed by atoms with Crippen molar-refractivity contribution in [3.63, 3.8) is 0 Å². The van der Waals surface area contributed by atoms with Crippen molar-refractivity contribution in [3.8, 4) is 0 Å². The van der Waals surface area contributed by atoms with Gasteiger partial charge in [0.2, 0.25) is 0 Å². The number of nitrogens with two attached hydrogens (primary N) is 1. The number of nitro groups is 1. The fraction of sp³-hybridized carbons (Fsp3) is 0.333.